The van der Waals surface area contributed by atoms with E-state index in [0.29, 0.717) is 50.2 Å². The van der Waals surface area contributed by atoms with Crippen LogP contribution < -0.4 is 11.0 Å². The Bertz CT molecular complexity index is 995. The summed E-state index contributed by atoms with van der Waals surface area (Å²) in [5.74, 6) is 0.354. The highest BCUT2D eigenvalue weighted by Crippen LogP contribution is 2.30. The fourth-order valence-corrected chi connectivity index (χ4v) is 5.24. The highest BCUT2D eigenvalue weighted by molar-refractivity contribution is 5.89. The van der Waals surface area contributed by atoms with Crippen LogP contribution in [0.2, 0.25) is 0 Å². The number of para-hydroxylation sites is 2. The van der Waals surface area contributed by atoms with Crippen molar-refractivity contribution in [2.45, 2.75) is 70.1 Å². The highest BCUT2D eigenvalue weighted by Gasteiger charge is 2.35. The molecule has 4 rings (SSSR count). The minimum absolute atomic E-state index is 0.0342. The first-order valence-electron chi connectivity index (χ1n) is 11.9. The van der Waals surface area contributed by atoms with Gasteiger partial charge in [-0.15, -0.1) is 0 Å². The van der Waals surface area contributed by atoms with Gasteiger partial charge in [0.1, 0.15) is 0 Å². The average Bonchev–Trinajstić information content (AvgIpc) is 3.07. The molecule has 1 saturated heterocycles. The van der Waals surface area contributed by atoms with Crippen molar-refractivity contribution in [3.63, 3.8) is 0 Å². The smallest absolute Gasteiger partial charge is 0.337 e. The monoisotopic (exact) mass is 444 g/mol. The second-order valence-corrected chi connectivity index (χ2v) is 9.93. The molecule has 2 heterocycles. The number of rotatable bonds is 5. The Morgan fingerprint density at radius 2 is 1.75 bits per heavy atom. The van der Waals surface area contributed by atoms with E-state index in [1.807, 2.05) is 38.1 Å². The number of imidazole rings is 1. The Hall–Kier alpha value is -2.16. The van der Waals surface area contributed by atoms with Crippen molar-refractivity contribution in [3.05, 3.63) is 34.7 Å². The van der Waals surface area contributed by atoms with Gasteiger partial charge in [0.15, 0.2) is 0 Å². The zero-order chi connectivity index (χ0) is 22.9. The molecule has 1 saturated carbocycles. The molecule has 0 radical (unpaired) electrons. The molecule has 8 nitrogen and oxygen atoms in total. The molecule has 2 aliphatic rings. The Morgan fingerprint density at radius 1 is 1.12 bits per heavy atom. The second-order valence-electron chi connectivity index (χ2n) is 9.93. The minimum Gasteiger partial charge on any atom is -0.393 e. The summed E-state index contributed by atoms with van der Waals surface area (Å²) in [5.41, 5.74) is 0.402. The summed E-state index contributed by atoms with van der Waals surface area (Å²) >= 11 is 0. The number of benzene rings is 1. The lowest BCUT2D eigenvalue weighted by Crippen LogP contribution is -2.49. The van der Waals surface area contributed by atoms with Crippen LogP contribution >= 0.6 is 0 Å². The zero-order valence-electron chi connectivity index (χ0n) is 19.2. The van der Waals surface area contributed by atoms with Gasteiger partial charge in [-0.2, -0.15) is 0 Å². The van der Waals surface area contributed by atoms with Crippen molar-refractivity contribution in [2.24, 2.45) is 5.92 Å². The normalized spacial score (nSPS) is 25.5. The van der Waals surface area contributed by atoms with Gasteiger partial charge < -0.3 is 20.4 Å². The van der Waals surface area contributed by atoms with E-state index in [1.54, 1.807) is 4.57 Å². The van der Waals surface area contributed by atoms with E-state index in [-0.39, 0.29) is 23.9 Å². The summed E-state index contributed by atoms with van der Waals surface area (Å²) < 4.78 is 2.90. The number of carbonyl (C=O) groups excluding carboxylic acids is 1. The van der Waals surface area contributed by atoms with Gasteiger partial charge in [-0.1, -0.05) is 12.1 Å². The number of amides is 1. The van der Waals surface area contributed by atoms with E-state index in [4.69, 9.17) is 0 Å². The summed E-state index contributed by atoms with van der Waals surface area (Å²) in [7, 11) is 0. The molecule has 2 fully saturated rings. The topological polar surface area (TPSA) is 99.7 Å². The maximum Gasteiger partial charge on any atom is 0.337 e. The van der Waals surface area contributed by atoms with Crippen LogP contribution in [0, 0.1) is 5.92 Å². The summed E-state index contributed by atoms with van der Waals surface area (Å²) in [6.45, 7) is 6.85. The van der Waals surface area contributed by atoms with Gasteiger partial charge in [0.2, 0.25) is 0 Å². The minimum atomic E-state index is -0.688. The molecule has 0 atom stereocenters. The van der Waals surface area contributed by atoms with Gasteiger partial charge in [0.05, 0.1) is 22.7 Å². The number of aliphatic hydroxyl groups is 2. The highest BCUT2D eigenvalue weighted by atomic mass is 16.3. The van der Waals surface area contributed by atoms with Crippen LogP contribution in [-0.4, -0.2) is 68.2 Å². The van der Waals surface area contributed by atoms with Gasteiger partial charge >= 0.3 is 11.7 Å². The Balaban J connectivity index is 1.32. The van der Waals surface area contributed by atoms with Crippen LogP contribution in [0.5, 0.6) is 0 Å². The van der Waals surface area contributed by atoms with E-state index in [1.165, 1.54) is 4.57 Å². The van der Waals surface area contributed by atoms with Crippen LogP contribution in [-0.2, 0) is 0 Å². The summed E-state index contributed by atoms with van der Waals surface area (Å²) in [4.78, 5) is 28.2. The summed E-state index contributed by atoms with van der Waals surface area (Å²) in [6.07, 6.45) is 4.28. The van der Waals surface area contributed by atoms with Gasteiger partial charge in [0.25, 0.3) is 0 Å². The van der Waals surface area contributed by atoms with Crippen LogP contribution in [0.1, 0.15) is 58.4 Å². The predicted molar refractivity (Wildman–Crippen MR) is 124 cm³/mol. The molecule has 0 unspecified atom stereocenters. The van der Waals surface area contributed by atoms with E-state index in [0.717, 1.165) is 31.4 Å². The largest absolute Gasteiger partial charge is 0.393 e. The summed E-state index contributed by atoms with van der Waals surface area (Å²) in [5, 5.41) is 23.5. The van der Waals surface area contributed by atoms with Crippen LogP contribution in [0.3, 0.4) is 0 Å². The molecule has 2 aromatic rings. The van der Waals surface area contributed by atoms with E-state index in [9.17, 15) is 19.8 Å². The van der Waals surface area contributed by atoms with Gasteiger partial charge in [-0.25, -0.2) is 14.2 Å². The first-order valence-corrected chi connectivity index (χ1v) is 11.9. The third kappa shape index (κ3) is 4.77. The number of likely N-dealkylation sites (tertiary alicyclic amines) is 1. The molecule has 8 heteroatoms. The van der Waals surface area contributed by atoms with Gasteiger partial charge in [-0.3, -0.25) is 4.57 Å². The molecule has 1 aromatic carbocycles. The molecular weight excluding hydrogens is 408 g/mol. The number of nitrogens with zero attached hydrogens (tertiary/aromatic N) is 3. The van der Waals surface area contributed by atoms with Crippen LogP contribution in [0.4, 0.5) is 4.79 Å². The van der Waals surface area contributed by atoms with Crippen molar-refractivity contribution in [1.29, 1.82) is 0 Å². The molecule has 176 valence electrons. The van der Waals surface area contributed by atoms with Crippen LogP contribution in [0.25, 0.3) is 11.0 Å². The number of β-amino-alcohol motifs (C(OH)–C–C–N with tert-alkyl or cyclic N) is 1. The first kappa shape index (κ1) is 23.0. The number of fused-ring (bicyclic) bond motifs is 1. The number of piperidine rings is 1. The molecule has 32 heavy (non-hydrogen) atoms. The van der Waals surface area contributed by atoms with E-state index >= 15 is 0 Å². The standard InChI is InChI=1S/C24H36N4O4/c1-17(2)27-20-5-3-4-6-21(20)28(23(27)31)22(30)25-15-18-9-13-26(14-10-18)16-24(32)11-7-19(29)8-12-24/h3-6,17-19,29,32H,7-16H2,1-2H3,(H,25,30)/t19-,24-. The molecule has 3 N–H and O–H groups in total. The average molecular weight is 445 g/mol. The summed E-state index contributed by atoms with van der Waals surface area (Å²) in [6, 6.07) is 6.99. The Kier molecular flexibility index (Phi) is 6.74. The number of carbonyl (C=O) groups is 1. The molecule has 1 aromatic heterocycles. The number of hydrogen-bond donors (Lipinski definition) is 3. The number of aromatic nitrogens is 2. The molecule has 0 spiro atoms. The second kappa shape index (κ2) is 9.37. The predicted octanol–water partition coefficient (Wildman–Crippen LogP) is 2.32. The SMILES string of the molecule is CC(C)n1c(=O)n(C(=O)NCC2CCN(C[C@]3(O)CC[C@H](O)CC3)CC2)c2ccccc21. The molecule has 1 amide bonds. The van der Waals surface area contributed by atoms with Crippen LogP contribution in [0.15, 0.2) is 29.1 Å². The quantitative estimate of drug-likeness (QED) is 0.657. The Morgan fingerprint density at radius 3 is 2.38 bits per heavy atom. The lowest BCUT2D eigenvalue weighted by molar-refractivity contribution is -0.0572. The molecule has 1 aliphatic carbocycles. The van der Waals surface area contributed by atoms with Gasteiger partial charge in [-0.05, 0) is 83.5 Å². The molecule has 0 bridgehead atoms. The maximum atomic E-state index is 12.9. The van der Waals surface area contributed by atoms with E-state index < -0.39 is 5.60 Å². The Labute approximate surface area is 188 Å². The third-order valence-corrected chi connectivity index (χ3v) is 7.15. The van der Waals surface area contributed by atoms with Crippen molar-refractivity contribution in [3.8, 4) is 0 Å². The number of nitrogens with one attached hydrogen (secondary N) is 1. The lowest BCUT2D eigenvalue weighted by Gasteiger charge is -2.40. The van der Waals surface area contributed by atoms with Crippen molar-refractivity contribution < 1.29 is 15.0 Å². The van der Waals surface area contributed by atoms with Crippen molar-refractivity contribution in [2.75, 3.05) is 26.2 Å². The molecule has 1 aliphatic heterocycles. The third-order valence-electron chi connectivity index (χ3n) is 7.15. The lowest BCUT2D eigenvalue weighted by atomic mass is 9.82. The first-order chi connectivity index (χ1) is 15.3. The van der Waals surface area contributed by atoms with Crippen molar-refractivity contribution >= 4 is 17.1 Å². The molecular formula is C24H36N4O4. The van der Waals surface area contributed by atoms with E-state index in [2.05, 4.69) is 10.2 Å². The maximum absolute atomic E-state index is 12.9. The fourth-order valence-electron chi connectivity index (χ4n) is 5.24. The van der Waals surface area contributed by atoms with Crippen molar-refractivity contribution in [1.82, 2.24) is 19.4 Å². The van der Waals surface area contributed by atoms with Gasteiger partial charge in [0, 0.05) is 19.1 Å². The number of aliphatic hydroxyl groups excluding tert-OH is 1. The number of hydrogen-bond acceptors (Lipinski definition) is 5. The zero-order valence-corrected chi connectivity index (χ0v) is 19.2. The fraction of sp³-hybridized carbons (Fsp3) is 0.667.